The molecule has 0 atom stereocenters. The molecule has 1 N–H and O–H groups in total. The van der Waals surface area contributed by atoms with Crippen LogP contribution in [0, 0.1) is 0 Å². The standard InChI is InChI=1S/C13H18N2/c1-10(2)8-9-14-13-7-6-11-4-3-5-12(11)15-13/h6-8H,3-5,9H2,1-2H3,(H,14,15). The number of aromatic nitrogens is 1. The molecule has 0 amide bonds. The first kappa shape index (κ1) is 10.2. The molecule has 0 saturated carbocycles. The molecule has 0 spiro atoms. The number of fused-ring (bicyclic) bond motifs is 1. The Kier molecular flexibility index (Phi) is 3.05. The molecule has 0 unspecified atom stereocenters. The Bertz CT molecular complexity index is 376. The van der Waals surface area contributed by atoms with Crippen LogP contribution in [-0.4, -0.2) is 11.5 Å². The number of hydrogen-bond acceptors (Lipinski definition) is 2. The van der Waals surface area contributed by atoms with E-state index in [4.69, 9.17) is 0 Å². The fourth-order valence-corrected chi connectivity index (χ4v) is 1.88. The molecule has 1 aromatic rings. The molecule has 2 heteroatoms. The molecule has 2 rings (SSSR count). The van der Waals surface area contributed by atoms with Crippen LogP contribution in [0.4, 0.5) is 5.82 Å². The van der Waals surface area contributed by atoms with Gasteiger partial charge in [0.15, 0.2) is 0 Å². The maximum absolute atomic E-state index is 4.61. The Morgan fingerprint density at radius 1 is 1.40 bits per heavy atom. The number of nitrogens with one attached hydrogen (secondary N) is 1. The highest BCUT2D eigenvalue weighted by Crippen LogP contribution is 2.21. The lowest BCUT2D eigenvalue weighted by molar-refractivity contribution is 0.899. The second-order valence-corrected chi connectivity index (χ2v) is 4.32. The lowest BCUT2D eigenvalue weighted by Gasteiger charge is -2.05. The van der Waals surface area contributed by atoms with Gasteiger partial charge in [0, 0.05) is 12.2 Å². The molecule has 0 bridgehead atoms. The second-order valence-electron chi connectivity index (χ2n) is 4.32. The van der Waals surface area contributed by atoms with Crippen molar-refractivity contribution in [2.75, 3.05) is 11.9 Å². The summed E-state index contributed by atoms with van der Waals surface area (Å²) in [6.07, 6.45) is 5.79. The molecule has 0 fully saturated rings. The molecule has 1 aliphatic rings. The minimum absolute atomic E-state index is 0.869. The van der Waals surface area contributed by atoms with Gasteiger partial charge in [0.1, 0.15) is 5.82 Å². The molecule has 80 valence electrons. The Hall–Kier alpha value is -1.31. The Balaban J connectivity index is 2.01. The van der Waals surface area contributed by atoms with Gasteiger partial charge >= 0.3 is 0 Å². The van der Waals surface area contributed by atoms with Gasteiger partial charge in [-0.05, 0) is 44.7 Å². The van der Waals surface area contributed by atoms with Gasteiger partial charge in [0.25, 0.3) is 0 Å². The van der Waals surface area contributed by atoms with E-state index in [0.29, 0.717) is 0 Å². The van der Waals surface area contributed by atoms with Crippen LogP contribution in [0.15, 0.2) is 23.8 Å². The first-order valence-corrected chi connectivity index (χ1v) is 5.62. The van der Waals surface area contributed by atoms with Crippen LogP contribution in [0.25, 0.3) is 0 Å². The summed E-state index contributed by atoms with van der Waals surface area (Å²) in [7, 11) is 0. The minimum Gasteiger partial charge on any atom is -0.367 e. The van der Waals surface area contributed by atoms with E-state index in [-0.39, 0.29) is 0 Å². The van der Waals surface area contributed by atoms with Crippen molar-refractivity contribution >= 4 is 5.82 Å². The van der Waals surface area contributed by atoms with Crippen molar-refractivity contribution in [1.29, 1.82) is 0 Å². The third-order valence-electron chi connectivity index (χ3n) is 2.72. The Morgan fingerprint density at radius 2 is 2.27 bits per heavy atom. The van der Waals surface area contributed by atoms with Crippen LogP contribution >= 0.6 is 0 Å². The summed E-state index contributed by atoms with van der Waals surface area (Å²) in [5.74, 6) is 1.01. The predicted octanol–water partition coefficient (Wildman–Crippen LogP) is 2.95. The molecule has 0 saturated heterocycles. The summed E-state index contributed by atoms with van der Waals surface area (Å²) in [6, 6.07) is 4.29. The maximum Gasteiger partial charge on any atom is 0.126 e. The van der Waals surface area contributed by atoms with E-state index in [9.17, 15) is 0 Å². The fourth-order valence-electron chi connectivity index (χ4n) is 1.88. The zero-order valence-electron chi connectivity index (χ0n) is 9.51. The maximum atomic E-state index is 4.61. The molecule has 0 aromatic carbocycles. The molecule has 1 aromatic heterocycles. The van der Waals surface area contributed by atoms with Crippen molar-refractivity contribution in [2.45, 2.75) is 33.1 Å². The number of aryl methyl sites for hydroxylation is 2. The average Bonchev–Trinajstić information content (AvgIpc) is 2.64. The van der Waals surface area contributed by atoms with Crippen LogP contribution < -0.4 is 5.32 Å². The van der Waals surface area contributed by atoms with Crippen LogP contribution in [0.5, 0.6) is 0 Å². The third kappa shape index (κ3) is 2.58. The summed E-state index contributed by atoms with van der Waals surface area (Å²) >= 11 is 0. The summed E-state index contributed by atoms with van der Waals surface area (Å²) in [4.78, 5) is 4.61. The smallest absolute Gasteiger partial charge is 0.126 e. The summed E-state index contributed by atoms with van der Waals surface area (Å²) in [6.45, 7) is 5.09. The van der Waals surface area contributed by atoms with Crippen molar-refractivity contribution in [1.82, 2.24) is 4.98 Å². The first-order valence-electron chi connectivity index (χ1n) is 5.62. The largest absolute Gasteiger partial charge is 0.367 e. The lowest BCUT2D eigenvalue weighted by Crippen LogP contribution is -2.02. The SMILES string of the molecule is CC(C)=CCNc1ccc2c(n1)CCC2. The quantitative estimate of drug-likeness (QED) is 0.762. The van der Waals surface area contributed by atoms with E-state index in [1.807, 2.05) is 0 Å². The Labute approximate surface area is 91.4 Å². The lowest BCUT2D eigenvalue weighted by atomic mass is 10.2. The number of pyridine rings is 1. The second kappa shape index (κ2) is 4.47. The predicted molar refractivity (Wildman–Crippen MR) is 64.2 cm³/mol. The van der Waals surface area contributed by atoms with Gasteiger partial charge in [-0.15, -0.1) is 0 Å². The van der Waals surface area contributed by atoms with Crippen molar-refractivity contribution in [3.63, 3.8) is 0 Å². The van der Waals surface area contributed by atoms with E-state index < -0.39 is 0 Å². The first-order chi connectivity index (χ1) is 7.25. The van der Waals surface area contributed by atoms with Crippen LogP contribution in [0.1, 0.15) is 31.5 Å². The minimum atomic E-state index is 0.869. The molecular formula is C13H18N2. The number of hydrogen-bond donors (Lipinski definition) is 1. The highest BCUT2D eigenvalue weighted by Gasteiger charge is 2.11. The monoisotopic (exact) mass is 202 g/mol. The molecule has 0 radical (unpaired) electrons. The van der Waals surface area contributed by atoms with Gasteiger partial charge in [0.05, 0.1) is 0 Å². The average molecular weight is 202 g/mol. The van der Waals surface area contributed by atoms with Crippen molar-refractivity contribution in [3.05, 3.63) is 35.0 Å². The van der Waals surface area contributed by atoms with Crippen molar-refractivity contribution in [2.24, 2.45) is 0 Å². The zero-order chi connectivity index (χ0) is 10.7. The number of rotatable bonds is 3. The summed E-state index contributed by atoms with van der Waals surface area (Å²) < 4.78 is 0. The molecule has 1 heterocycles. The highest BCUT2D eigenvalue weighted by atomic mass is 15.0. The molecule has 15 heavy (non-hydrogen) atoms. The van der Waals surface area contributed by atoms with Gasteiger partial charge < -0.3 is 5.32 Å². The normalized spacial score (nSPS) is 13.5. The summed E-state index contributed by atoms with van der Waals surface area (Å²) in [5, 5.41) is 3.32. The van der Waals surface area contributed by atoms with Crippen LogP contribution in [0.2, 0.25) is 0 Å². The van der Waals surface area contributed by atoms with Gasteiger partial charge in [0.2, 0.25) is 0 Å². The topological polar surface area (TPSA) is 24.9 Å². The van der Waals surface area contributed by atoms with Gasteiger partial charge in [-0.3, -0.25) is 0 Å². The van der Waals surface area contributed by atoms with E-state index >= 15 is 0 Å². The van der Waals surface area contributed by atoms with Crippen molar-refractivity contribution in [3.8, 4) is 0 Å². The van der Waals surface area contributed by atoms with Gasteiger partial charge in [-0.1, -0.05) is 17.7 Å². The van der Waals surface area contributed by atoms with E-state index in [1.165, 1.54) is 29.7 Å². The van der Waals surface area contributed by atoms with E-state index in [0.717, 1.165) is 18.8 Å². The fraction of sp³-hybridized carbons (Fsp3) is 0.462. The Morgan fingerprint density at radius 3 is 3.07 bits per heavy atom. The van der Waals surface area contributed by atoms with Gasteiger partial charge in [-0.2, -0.15) is 0 Å². The van der Waals surface area contributed by atoms with Gasteiger partial charge in [-0.25, -0.2) is 4.98 Å². The number of allylic oxidation sites excluding steroid dienone is 1. The van der Waals surface area contributed by atoms with Crippen LogP contribution in [0.3, 0.4) is 0 Å². The molecular weight excluding hydrogens is 184 g/mol. The summed E-state index contributed by atoms with van der Waals surface area (Å²) in [5.41, 5.74) is 4.06. The number of nitrogens with zero attached hydrogens (tertiary/aromatic N) is 1. The third-order valence-corrected chi connectivity index (χ3v) is 2.72. The number of anilines is 1. The zero-order valence-corrected chi connectivity index (χ0v) is 9.51. The molecule has 2 nitrogen and oxygen atoms in total. The van der Waals surface area contributed by atoms with Crippen LogP contribution in [-0.2, 0) is 12.8 Å². The molecule has 1 aliphatic carbocycles. The van der Waals surface area contributed by atoms with E-state index in [2.05, 4.69) is 42.4 Å². The van der Waals surface area contributed by atoms with E-state index in [1.54, 1.807) is 0 Å². The highest BCUT2D eigenvalue weighted by molar-refractivity contribution is 5.40. The molecule has 0 aliphatic heterocycles. The van der Waals surface area contributed by atoms with Crippen molar-refractivity contribution < 1.29 is 0 Å².